The lowest BCUT2D eigenvalue weighted by atomic mass is 10.1. The number of nitrogens with zero attached hydrogens (tertiary/aromatic N) is 3. The van der Waals surface area contributed by atoms with Crippen molar-refractivity contribution in [1.82, 2.24) is 14.8 Å². The maximum absolute atomic E-state index is 11.3. The highest BCUT2D eigenvalue weighted by Gasteiger charge is 2.05. The van der Waals surface area contributed by atoms with E-state index in [1.807, 2.05) is 24.3 Å². The van der Waals surface area contributed by atoms with Gasteiger partial charge in [0.15, 0.2) is 10.9 Å². The van der Waals surface area contributed by atoms with E-state index in [1.165, 1.54) is 6.92 Å². The maximum Gasteiger partial charge on any atom is 0.248 e. The zero-order valence-corrected chi connectivity index (χ0v) is 15.5. The molecule has 1 aromatic heterocycles. The summed E-state index contributed by atoms with van der Waals surface area (Å²) in [5.74, 6) is 0.413. The summed E-state index contributed by atoms with van der Waals surface area (Å²) in [5.41, 5.74) is 2.45. The summed E-state index contributed by atoms with van der Waals surface area (Å²) < 4.78 is 1.69. The molecule has 0 unspecified atom stereocenters. The van der Waals surface area contributed by atoms with Gasteiger partial charge in [0, 0.05) is 16.3 Å². The van der Waals surface area contributed by atoms with Crippen LogP contribution in [0.15, 0.2) is 54.9 Å². The van der Waals surface area contributed by atoms with E-state index in [2.05, 4.69) is 20.7 Å². The van der Waals surface area contributed by atoms with Crippen molar-refractivity contribution in [3.05, 3.63) is 71.0 Å². The Kier molecular flexibility index (Phi) is 5.60. The van der Waals surface area contributed by atoms with E-state index >= 15 is 0 Å². The molecule has 3 rings (SSSR count). The van der Waals surface area contributed by atoms with E-state index < -0.39 is 0 Å². The predicted molar refractivity (Wildman–Crippen MR) is 107 cm³/mol. The van der Waals surface area contributed by atoms with Crippen LogP contribution in [0.4, 0.5) is 11.6 Å². The second kappa shape index (κ2) is 8.07. The minimum atomic E-state index is 0.0201. The van der Waals surface area contributed by atoms with Crippen molar-refractivity contribution in [2.45, 2.75) is 13.5 Å². The zero-order valence-electron chi connectivity index (χ0n) is 13.9. The molecule has 3 aromatic rings. The molecule has 0 saturated carbocycles. The zero-order chi connectivity index (χ0) is 18.5. The summed E-state index contributed by atoms with van der Waals surface area (Å²) in [7, 11) is 0. The summed E-state index contributed by atoms with van der Waals surface area (Å²) in [6, 6.07) is 14.6. The first-order valence-corrected chi connectivity index (χ1v) is 8.61. The third kappa shape index (κ3) is 4.87. The van der Waals surface area contributed by atoms with Crippen molar-refractivity contribution in [3.63, 3.8) is 0 Å². The summed E-state index contributed by atoms with van der Waals surface area (Å²) in [6.45, 7) is 2.09. The quantitative estimate of drug-likeness (QED) is 0.511. The molecule has 0 amide bonds. The average Bonchev–Trinajstić information content (AvgIpc) is 3.02. The van der Waals surface area contributed by atoms with Crippen molar-refractivity contribution in [2.75, 3.05) is 10.6 Å². The van der Waals surface area contributed by atoms with Crippen LogP contribution in [0.5, 0.6) is 0 Å². The molecule has 8 heteroatoms. The molecule has 2 N–H and O–H groups in total. The maximum atomic E-state index is 11.3. The van der Waals surface area contributed by atoms with Gasteiger partial charge in [-0.3, -0.25) is 10.1 Å². The number of nitrogens with one attached hydrogen (secondary N) is 2. The first kappa shape index (κ1) is 18.0. The molecule has 0 aliphatic heterocycles. The molecule has 0 aliphatic rings. The number of hydrogen-bond acceptors (Lipinski definition) is 4. The van der Waals surface area contributed by atoms with Gasteiger partial charge in [-0.25, -0.2) is 9.67 Å². The number of anilines is 2. The molecule has 26 heavy (non-hydrogen) atoms. The van der Waals surface area contributed by atoms with Crippen LogP contribution in [-0.4, -0.2) is 25.7 Å². The summed E-state index contributed by atoms with van der Waals surface area (Å²) >= 11 is 11.3. The molecule has 0 radical (unpaired) electrons. The Morgan fingerprint density at radius 1 is 1.19 bits per heavy atom. The minimum Gasteiger partial charge on any atom is -0.332 e. The topological polar surface area (TPSA) is 71.8 Å². The molecule has 1 heterocycles. The number of rotatable bonds is 5. The van der Waals surface area contributed by atoms with Crippen LogP contribution in [0.1, 0.15) is 22.8 Å². The third-order valence-electron chi connectivity index (χ3n) is 3.54. The third-order valence-corrected chi connectivity index (χ3v) is 3.98. The van der Waals surface area contributed by atoms with Crippen molar-refractivity contribution in [3.8, 4) is 0 Å². The molecular weight excluding hydrogens is 370 g/mol. The van der Waals surface area contributed by atoms with E-state index in [0.717, 1.165) is 11.3 Å². The predicted octanol–water partition coefficient (Wildman–Crippen LogP) is 3.99. The fraction of sp³-hybridized carbons (Fsp3) is 0.111. The second-order valence-electron chi connectivity index (χ2n) is 5.61. The summed E-state index contributed by atoms with van der Waals surface area (Å²) in [4.78, 5) is 15.5. The van der Waals surface area contributed by atoms with E-state index in [4.69, 9.17) is 23.8 Å². The smallest absolute Gasteiger partial charge is 0.248 e. The highest BCUT2D eigenvalue weighted by molar-refractivity contribution is 7.80. The second-order valence-corrected chi connectivity index (χ2v) is 6.45. The molecule has 6 nitrogen and oxygen atoms in total. The van der Waals surface area contributed by atoms with Gasteiger partial charge in [-0.2, -0.15) is 0 Å². The Bertz CT molecular complexity index is 939. The Labute approximate surface area is 161 Å². The first-order chi connectivity index (χ1) is 12.5. The van der Waals surface area contributed by atoms with Gasteiger partial charge in [-0.15, -0.1) is 5.10 Å². The molecule has 0 bridgehead atoms. The van der Waals surface area contributed by atoms with Crippen molar-refractivity contribution >= 4 is 46.4 Å². The number of ketones is 1. The molecule has 132 valence electrons. The monoisotopic (exact) mass is 385 g/mol. The van der Waals surface area contributed by atoms with Gasteiger partial charge in [0.25, 0.3) is 0 Å². The van der Waals surface area contributed by atoms with Gasteiger partial charge in [0.05, 0.1) is 6.54 Å². The molecule has 0 atom stereocenters. The SMILES string of the molecule is CC(=O)c1ccc(NC(=S)Nc2ncn(Cc3cccc(Cl)c3)n2)cc1. The van der Waals surface area contributed by atoms with Gasteiger partial charge in [0.1, 0.15) is 6.33 Å². The number of aromatic nitrogens is 3. The molecule has 0 saturated heterocycles. The summed E-state index contributed by atoms with van der Waals surface area (Å²) in [5, 5.41) is 11.3. The van der Waals surface area contributed by atoms with Gasteiger partial charge < -0.3 is 5.32 Å². The number of halogens is 1. The van der Waals surface area contributed by atoms with Crippen molar-refractivity contribution < 1.29 is 4.79 Å². The van der Waals surface area contributed by atoms with E-state index in [1.54, 1.807) is 35.3 Å². The van der Waals surface area contributed by atoms with Crippen LogP contribution in [0, 0.1) is 0 Å². The lowest BCUT2D eigenvalue weighted by Crippen LogP contribution is -2.20. The highest BCUT2D eigenvalue weighted by atomic mass is 35.5. The number of thiocarbonyl (C=S) groups is 1. The molecule has 0 spiro atoms. The lowest BCUT2D eigenvalue weighted by Gasteiger charge is -2.08. The van der Waals surface area contributed by atoms with Crippen molar-refractivity contribution in [1.29, 1.82) is 0 Å². The number of Topliss-reactive ketones (excluding diaryl/α,β-unsaturated/α-hetero) is 1. The first-order valence-electron chi connectivity index (χ1n) is 7.82. The molecule has 0 fully saturated rings. The standard InChI is InChI=1S/C18H16ClN5OS/c1-12(25)14-5-7-16(8-6-14)21-18(26)22-17-20-11-24(23-17)10-13-3-2-4-15(19)9-13/h2-9,11H,10H2,1H3,(H2,21,22,23,26). The Morgan fingerprint density at radius 2 is 1.96 bits per heavy atom. The molecular formula is C18H16ClN5OS. The van der Waals surface area contributed by atoms with Crippen LogP contribution >= 0.6 is 23.8 Å². The normalized spacial score (nSPS) is 10.4. The fourth-order valence-electron chi connectivity index (χ4n) is 2.30. The fourth-order valence-corrected chi connectivity index (χ4v) is 2.72. The van der Waals surface area contributed by atoms with Gasteiger partial charge in [-0.1, -0.05) is 23.7 Å². The molecule has 2 aromatic carbocycles. The highest BCUT2D eigenvalue weighted by Crippen LogP contribution is 2.13. The number of hydrogen-bond donors (Lipinski definition) is 2. The Balaban J connectivity index is 1.58. The van der Waals surface area contributed by atoms with Crippen LogP contribution in [0.25, 0.3) is 0 Å². The van der Waals surface area contributed by atoms with Crippen molar-refractivity contribution in [2.24, 2.45) is 0 Å². The molecule has 0 aliphatic carbocycles. The van der Waals surface area contributed by atoms with E-state index in [-0.39, 0.29) is 5.78 Å². The minimum absolute atomic E-state index is 0.0201. The van der Waals surface area contributed by atoms with Crippen LogP contribution < -0.4 is 10.6 Å². The van der Waals surface area contributed by atoms with Gasteiger partial charge >= 0.3 is 0 Å². The Morgan fingerprint density at radius 3 is 2.65 bits per heavy atom. The summed E-state index contributed by atoms with van der Waals surface area (Å²) in [6.07, 6.45) is 1.62. The largest absolute Gasteiger partial charge is 0.332 e. The van der Waals surface area contributed by atoms with E-state index in [0.29, 0.717) is 28.2 Å². The number of carbonyl (C=O) groups is 1. The van der Waals surface area contributed by atoms with Gasteiger partial charge in [0.2, 0.25) is 5.95 Å². The Hall–Kier alpha value is -2.77. The van der Waals surface area contributed by atoms with Gasteiger partial charge in [-0.05, 0) is 61.1 Å². The van der Waals surface area contributed by atoms with Crippen LogP contribution in [0.2, 0.25) is 5.02 Å². The van der Waals surface area contributed by atoms with Crippen LogP contribution in [0.3, 0.4) is 0 Å². The average molecular weight is 386 g/mol. The van der Waals surface area contributed by atoms with E-state index in [9.17, 15) is 4.79 Å². The van der Waals surface area contributed by atoms with Crippen LogP contribution in [-0.2, 0) is 6.54 Å². The lowest BCUT2D eigenvalue weighted by molar-refractivity contribution is 0.101. The number of carbonyl (C=O) groups excluding carboxylic acids is 1. The number of benzene rings is 2.